The number of carbonyl (C=O) groups excluding carboxylic acids is 1. The van der Waals surface area contributed by atoms with Crippen LogP contribution in [-0.2, 0) is 0 Å². The molecule has 0 spiro atoms. The first-order valence-corrected chi connectivity index (χ1v) is 11.6. The van der Waals surface area contributed by atoms with Gasteiger partial charge in [-0.05, 0) is 61.0 Å². The summed E-state index contributed by atoms with van der Waals surface area (Å²) >= 11 is 0. The lowest BCUT2D eigenvalue weighted by atomic mass is 10.1. The largest absolute Gasteiger partial charge is 0.497 e. The maximum absolute atomic E-state index is 13.0. The third-order valence-corrected chi connectivity index (χ3v) is 6.16. The van der Waals surface area contributed by atoms with Gasteiger partial charge in [0.25, 0.3) is 0 Å². The third-order valence-electron chi connectivity index (χ3n) is 6.16. The van der Waals surface area contributed by atoms with Gasteiger partial charge in [-0.15, -0.1) is 0 Å². The van der Waals surface area contributed by atoms with Crippen molar-refractivity contribution in [2.45, 2.75) is 6.42 Å². The highest BCUT2D eigenvalue weighted by Gasteiger charge is 2.26. The number of carbonyl (C=O) groups is 1. The summed E-state index contributed by atoms with van der Waals surface area (Å²) in [5.74, 6) is 3.75. The second-order valence-electron chi connectivity index (χ2n) is 8.35. The first kappa shape index (κ1) is 22.6. The van der Waals surface area contributed by atoms with Crippen molar-refractivity contribution in [1.29, 1.82) is 0 Å². The molecule has 1 N–H and O–H groups in total. The van der Waals surface area contributed by atoms with Crippen molar-refractivity contribution < 1.29 is 19.0 Å². The molecule has 0 unspecified atom stereocenters. The molecule has 8 nitrogen and oxygen atoms in total. The van der Waals surface area contributed by atoms with Gasteiger partial charge in [0, 0.05) is 31.9 Å². The zero-order valence-corrected chi connectivity index (χ0v) is 19.9. The Labute approximate surface area is 204 Å². The van der Waals surface area contributed by atoms with Crippen LogP contribution < -0.4 is 19.5 Å². The average Bonchev–Trinajstić information content (AvgIpc) is 3.23. The molecule has 0 atom stereocenters. The number of ether oxygens (including phenoxy) is 3. The fourth-order valence-electron chi connectivity index (χ4n) is 4.28. The number of amides is 2. The predicted molar refractivity (Wildman–Crippen MR) is 135 cm³/mol. The second-order valence-corrected chi connectivity index (χ2v) is 8.35. The SMILES string of the molecule is COc1ccc(NC(=O)N2CCCN(C3=Nc4ccccc4Oc4ccc(OC)cc43)CC2)cc1. The minimum absolute atomic E-state index is 0.115. The molecule has 0 aromatic heterocycles. The molecule has 35 heavy (non-hydrogen) atoms. The van der Waals surface area contributed by atoms with E-state index in [4.69, 9.17) is 19.2 Å². The van der Waals surface area contributed by atoms with Crippen LogP contribution >= 0.6 is 0 Å². The maximum atomic E-state index is 13.0. The second kappa shape index (κ2) is 9.97. The number of nitrogens with one attached hydrogen (secondary N) is 1. The minimum atomic E-state index is -0.115. The van der Waals surface area contributed by atoms with Crippen LogP contribution in [0.3, 0.4) is 0 Å². The Morgan fingerprint density at radius 2 is 1.66 bits per heavy atom. The molecule has 2 aliphatic heterocycles. The van der Waals surface area contributed by atoms with Gasteiger partial charge in [-0.25, -0.2) is 9.79 Å². The van der Waals surface area contributed by atoms with Crippen LogP contribution in [-0.4, -0.2) is 62.1 Å². The minimum Gasteiger partial charge on any atom is -0.497 e. The molecule has 8 heteroatoms. The van der Waals surface area contributed by atoms with Gasteiger partial charge >= 0.3 is 6.03 Å². The van der Waals surface area contributed by atoms with E-state index in [2.05, 4.69) is 10.2 Å². The molecule has 1 saturated heterocycles. The van der Waals surface area contributed by atoms with Crippen LogP contribution in [0.15, 0.2) is 71.7 Å². The van der Waals surface area contributed by atoms with Crippen molar-refractivity contribution in [2.24, 2.45) is 4.99 Å². The maximum Gasteiger partial charge on any atom is 0.321 e. The predicted octanol–water partition coefficient (Wildman–Crippen LogP) is 5.13. The van der Waals surface area contributed by atoms with Gasteiger partial charge < -0.3 is 29.3 Å². The summed E-state index contributed by atoms with van der Waals surface area (Å²) in [5, 5.41) is 2.98. The van der Waals surface area contributed by atoms with Gasteiger partial charge in [0.1, 0.15) is 28.8 Å². The molecule has 180 valence electrons. The number of hydrogen-bond donors (Lipinski definition) is 1. The van der Waals surface area contributed by atoms with Gasteiger partial charge in [0.05, 0.1) is 19.8 Å². The number of aliphatic imine (C=N–C) groups is 1. The van der Waals surface area contributed by atoms with E-state index in [1.54, 1.807) is 14.2 Å². The summed E-state index contributed by atoms with van der Waals surface area (Å²) in [6.45, 7) is 2.64. The number of amidine groups is 1. The number of benzene rings is 3. The van der Waals surface area contributed by atoms with Crippen molar-refractivity contribution in [3.63, 3.8) is 0 Å². The van der Waals surface area contributed by atoms with Crippen LogP contribution in [0.4, 0.5) is 16.2 Å². The first-order chi connectivity index (χ1) is 17.1. The highest BCUT2D eigenvalue weighted by Crippen LogP contribution is 2.39. The van der Waals surface area contributed by atoms with E-state index in [-0.39, 0.29) is 6.03 Å². The van der Waals surface area contributed by atoms with Crippen LogP contribution in [0.5, 0.6) is 23.0 Å². The van der Waals surface area contributed by atoms with Crippen molar-refractivity contribution in [3.8, 4) is 23.0 Å². The van der Waals surface area contributed by atoms with E-state index in [0.29, 0.717) is 25.4 Å². The standard InChI is InChI=1S/C27H28N4O4/c1-33-20-10-8-19(9-11-20)28-27(32)31-15-5-14-30(16-17-31)26-22-18-21(34-2)12-13-24(22)35-25-7-4-3-6-23(25)29-26/h3-4,6-13,18H,5,14-17H2,1-2H3,(H,28,32). The molecule has 0 radical (unpaired) electrons. The van der Waals surface area contributed by atoms with Crippen LogP contribution in [0.2, 0.25) is 0 Å². The van der Waals surface area contributed by atoms with Crippen molar-refractivity contribution >= 4 is 23.2 Å². The van der Waals surface area contributed by atoms with E-state index in [0.717, 1.165) is 53.0 Å². The third kappa shape index (κ3) is 4.87. The Bertz CT molecular complexity index is 1240. The van der Waals surface area contributed by atoms with Crippen molar-refractivity contribution in [1.82, 2.24) is 9.80 Å². The summed E-state index contributed by atoms with van der Waals surface area (Å²) in [4.78, 5) is 22.0. The molecule has 5 rings (SSSR count). The molecule has 1 fully saturated rings. The van der Waals surface area contributed by atoms with Gasteiger partial charge in [-0.3, -0.25) is 0 Å². The number of rotatable bonds is 3. The molecule has 3 aromatic carbocycles. The molecule has 2 heterocycles. The highest BCUT2D eigenvalue weighted by molar-refractivity contribution is 6.04. The zero-order valence-electron chi connectivity index (χ0n) is 19.9. The first-order valence-electron chi connectivity index (χ1n) is 11.6. The van der Waals surface area contributed by atoms with Gasteiger partial charge in [0.15, 0.2) is 5.75 Å². The van der Waals surface area contributed by atoms with Gasteiger partial charge in [-0.1, -0.05) is 12.1 Å². The molecule has 2 aliphatic rings. The molecule has 2 amide bonds. The Morgan fingerprint density at radius 3 is 2.46 bits per heavy atom. The van der Waals surface area contributed by atoms with E-state index in [1.807, 2.05) is 71.6 Å². The Kier molecular flexibility index (Phi) is 6.43. The Morgan fingerprint density at radius 1 is 0.886 bits per heavy atom. The topological polar surface area (TPSA) is 75.6 Å². The van der Waals surface area contributed by atoms with Crippen LogP contribution in [0, 0.1) is 0 Å². The zero-order chi connectivity index (χ0) is 24.2. The summed E-state index contributed by atoms with van der Waals surface area (Å²) in [6, 6.07) is 20.7. The van der Waals surface area contributed by atoms with Crippen LogP contribution in [0.25, 0.3) is 0 Å². The Hall–Kier alpha value is -4.20. The lowest BCUT2D eigenvalue weighted by molar-refractivity contribution is 0.214. The molecule has 0 aliphatic carbocycles. The average molecular weight is 473 g/mol. The molecular formula is C27H28N4O4. The lowest BCUT2D eigenvalue weighted by Crippen LogP contribution is -2.39. The normalized spacial score (nSPS) is 15.0. The number of methoxy groups -OCH3 is 2. The summed E-state index contributed by atoms with van der Waals surface area (Å²) in [6.07, 6.45) is 0.816. The van der Waals surface area contributed by atoms with Crippen molar-refractivity contribution in [3.05, 3.63) is 72.3 Å². The quantitative estimate of drug-likeness (QED) is 0.572. The monoisotopic (exact) mass is 472 g/mol. The smallest absolute Gasteiger partial charge is 0.321 e. The number of nitrogens with zero attached hydrogens (tertiary/aromatic N) is 3. The van der Waals surface area contributed by atoms with E-state index in [1.165, 1.54) is 0 Å². The fourth-order valence-corrected chi connectivity index (χ4v) is 4.28. The summed E-state index contributed by atoms with van der Waals surface area (Å²) in [7, 11) is 3.27. The summed E-state index contributed by atoms with van der Waals surface area (Å²) < 4.78 is 16.9. The fraction of sp³-hybridized carbons (Fsp3) is 0.259. The molecule has 0 saturated carbocycles. The van der Waals surface area contributed by atoms with E-state index in [9.17, 15) is 4.79 Å². The molecular weight excluding hydrogens is 444 g/mol. The number of anilines is 1. The van der Waals surface area contributed by atoms with Gasteiger partial charge in [-0.2, -0.15) is 0 Å². The highest BCUT2D eigenvalue weighted by atomic mass is 16.5. The van der Waals surface area contributed by atoms with Crippen molar-refractivity contribution in [2.75, 3.05) is 45.7 Å². The van der Waals surface area contributed by atoms with E-state index < -0.39 is 0 Å². The number of fused-ring (bicyclic) bond motifs is 2. The number of urea groups is 1. The lowest BCUT2D eigenvalue weighted by Gasteiger charge is -2.25. The Balaban J connectivity index is 1.37. The number of para-hydroxylation sites is 2. The molecule has 3 aromatic rings. The van der Waals surface area contributed by atoms with Gasteiger partial charge in [0.2, 0.25) is 0 Å². The molecule has 0 bridgehead atoms. The van der Waals surface area contributed by atoms with Crippen LogP contribution in [0.1, 0.15) is 12.0 Å². The number of hydrogen-bond acceptors (Lipinski definition) is 6. The van der Waals surface area contributed by atoms with E-state index >= 15 is 0 Å². The summed E-state index contributed by atoms with van der Waals surface area (Å²) in [5.41, 5.74) is 2.38.